The Labute approximate surface area is 135 Å². The number of piperidine rings is 1. The van der Waals surface area contributed by atoms with Gasteiger partial charge in [0.1, 0.15) is 17.2 Å². The first-order valence-electron chi connectivity index (χ1n) is 7.55. The van der Waals surface area contributed by atoms with Crippen LogP contribution < -0.4 is 10.2 Å². The van der Waals surface area contributed by atoms with Crippen molar-refractivity contribution in [3.63, 3.8) is 0 Å². The first kappa shape index (κ1) is 15.0. The number of halogens is 1. The highest BCUT2D eigenvalue weighted by atomic mass is 35.5. The van der Waals surface area contributed by atoms with Gasteiger partial charge in [-0.05, 0) is 25.3 Å². The average Bonchev–Trinajstić information content (AvgIpc) is 2.58. The van der Waals surface area contributed by atoms with Crippen molar-refractivity contribution < 1.29 is 0 Å². The molecule has 2 aromatic rings. The van der Waals surface area contributed by atoms with Crippen molar-refractivity contribution in [1.29, 1.82) is 0 Å². The standard InChI is InChI=1S/C15H19ClN6/c1-2-12-13(16)14(20-10-19-12)21-11-4-8-22(9-5-11)15-17-6-3-7-18-15/h3,6-7,10-11H,2,4-5,8-9H2,1H3,(H,19,20,21). The lowest BCUT2D eigenvalue weighted by Crippen LogP contribution is -2.40. The molecule has 0 bridgehead atoms. The molecule has 1 aliphatic rings. The molecule has 7 heteroatoms. The summed E-state index contributed by atoms with van der Waals surface area (Å²) in [4.78, 5) is 19.3. The molecule has 3 heterocycles. The summed E-state index contributed by atoms with van der Waals surface area (Å²) in [6, 6.07) is 2.19. The Bertz CT molecular complexity index is 613. The molecule has 0 aliphatic carbocycles. The average molecular weight is 319 g/mol. The second kappa shape index (κ2) is 6.87. The molecule has 1 N–H and O–H groups in total. The van der Waals surface area contributed by atoms with Gasteiger partial charge in [0.15, 0.2) is 0 Å². The molecule has 2 aromatic heterocycles. The molecule has 1 saturated heterocycles. The number of aromatic nitrogens is 4. The molecule has 0 saturated carbocycles. The first-order chi connectivity index (χ1) is 10.8. The van der Waals surface area contributed by atoms with Crippen LogP contribution in [0.1, 0.15) is 25.5 Å². The summed E-state index contributed by atoms with van der Waals surface area (Å²) in [5.74, 6) is 1.54. The van der Waals surface area contributed by atoms with Gasteiger partial charge in [0.05, 0.1) is 5.69 Å². The Morgan fingerprint density at radius 1 is 1.18 bits per heavy atom. The predicted octanol–water partition coefficient (Wildman–Crippen LogP) is 2.56. The van der Waals surface area contributed by atoms with E-state index >= 15 is 0 Å². The third kappa shape index (κ3) is 3.27. The maximum absolute atomic E-state index is 6.33. The zero-order valence-corrected chi connectivity index (χ0v) is 13.3. The van der Waals surface area contributed by atoms with Crippen LogP contribution in [0.15, 0.2) is 24.8 Å². The SMILES string of the molecule is CCc1ncnc(NC2CCN(c3ncccn3)CC2)c1Cl. The van der Waals surface area contributed by atoms with Gasteiger partial charge in [-0.2, -0.15) is 0 Å². The minimum Gasteiger partial charge on any atom is -0.366 e. The molecule has 0 unspecified atom stereocenters. The number of hydrogen-bond acceptors (Lipinski definition) is 6. The van der Waals surface area contributed by atoms with E-state index in [0.29, 0.717) is 11.1 Å². The molecule has 1 aliphatic heterocycles. The maximum Gasteiger partial charge on any atom is 0.225 e. The Morgan fingerprint density at radius 3 is 2.59 bits per heavy atom. The molecule has 3 rings (SSSR count). The van der Waals surface area contributed by atoms with E-state index in [-0.39, 0.29) is 0 Å². The van der Waals surface area contributed by atoms with Crippen LogP contribution in [0.3, 0.4) is 0 Å². The Kier molecular flexibility index (Phi) is 4.68. The topological polar surface area (TPSA) is 66.8 Å². The van der Waals surface area contributed by atoms with Gasteiger partial charge in [-0.25, -0.2) is 19.9 Å². The van der Waals surface area contributed by atoms with Gasteiger partial charge in [-0.1, -0.05) is 18.5 Å². The Morgan fingerprint density at radius 2 is 1.91 bits per heavy atom. The molecular weight excluding hydrogens is 300 g/mol. The number of hydrogen-bond donors (Lipinski definition) is 1. The minimum absolute atomic E-state index is 0.358. The maximum atomic E-state index is 6.33. The highest BCUT2D eigenvalue weighted by Gasteiger charge is 2.22. The van der Waals surface area contributed by atoms with E-state index in [1.54, 1.807) is 18.7 Å². The fourth-order valence-corrected chi connectivity index (χ4v) is 2.91. The second-order valence-corrected chi connectivity index (χ2v) is 5.67. The lowest BCUT2D eigenvalue weighted by molar-refractivity contribution is 0.518. The van der Waals surface area contributed by atoms with Crippen molar-refractivity contribution in [3.05, 3.63) is 35.5 Å². The van der Waals surface area contributed by atoms with Gasteiger partial charge < -0.3 is 10.2 Å². The number of rotatable bonds is 4. The summed E-state index contributed by atoms with van der Waals surface area (Å²) in [7, 11) is 0. The molecular formula is C15H19ClN6. The first-order valence-corrected chi connectivity index (χ1v) is 7.93. The third-order valence-electron chi connectivity index (χ3n) is 3.87. The predicted molar refractivity (Wildman–Crippen MR) is 87.3 cm³/mol. The third-order valence-corrected chi connectivity index (χ3v) is 4.26. The monoisotopic (exact) mass is 318 g/mol. The summed E-state index contributed by atoms with van der Waals surface area (Å²) in [5.41, 5.74) is 0.884. The van der Waals surface area contributed by atoms with Crippen LogP contribution in [-0.2, 0) is 6.42 Å². The van der Waals surface area contributed by atoms with Crippen molar-refractivity contribution >= 4 is 23.4 Å². The molecule has 0 spiro atoms. The molecule has 22 heavy (non-hydrogen) atoms. The minimum atomic E-state index is 0.358. The van der Waals surface area contributed by atoms with Crippen LogP contribution in [0.4, 0.5) is 11.8 Å². The molecule has 0 aromatic carbocycles. The van der Waals surface area contributed by atoms with Gasteiger partial charge in [-0.3, -0.25) is 0 Å². The number of aryl methyl sites for hydroxylation is 1. The lowest BCUT2D eigenvalue weighted by Gasteiger charge is -2.32. The summed E-state index contributed by atoms with van der Waals surface area (Å²) in [5, 5.41) is 4.08. The molecule has 6 nitrogen and oxygen atoms in total. The highest BCUT2D eigenvalue weighted by molar-refractivity contribution is 6.33. The van der Waals surface area contributed by atoms with Crippen molar-refractivity contribution in [3.8, 4) is 0 Å². The Balaban J connectivity index is 1.61. The largest absolute Gasteiger partial charge is 0.366 e. The van der Waals surface area contributed by atoms with Crippen LogP contribution in [0.2, 0.25) is 5.02 Å². The van der Waals surface area contributed by atoms with E-state index in [1.807, 2.05) is 13.0 Å². The van der Waals surface area contributed by atoms with E-state index in [2.05, 4.69) is 30.2 Å². The lowest BCUT2D eigenvalue weighted by atomic mass is 10.1. The summed E-state index contributed by atoms with van der Waals surface area (Å²) in [6.45, 7) is 3.88. The van der Waals surface area contributed by atoms with Crippen LogP contribution in [0.25, 0.3) is 0 Å². The fraction of sp³-hybridized carbons (Fsp3) is 0.467. The normalized spacial score (nSPS) is 15.8. The van der Waals surface area contributed by atoms with E-state index < -0.39 is 0 Å². The summed E-state index contributed by atoms with van der Waals surface area (Å²) < 4.78 is 0. The summed E-state index contributed by atoms with van der Waals surface area (Å²) >= 11 is 6.33. The summed E-state index contributed by atoms with van der Waals surface area (Å²) in [6.07, 6.45) is 7.93. The number of anilines is 2. The highest BCUT2D eigenvalue weighted by Crippen LogP contribution is 2.25. The zero-order valence-electron chi connectivity index (χ0n) is 12.5. The van der Waals surface area contributed by atoms with Crippen LogP contribution in [-0.4, -0.2) is 39.1 Å². The van der Waals surface area contributed by atoms with E-state index in [1.165, 1.54) is 0 Å². The molecule has 0 atom stereocenters. The van der Waals surface area contributed by atoms with Crippen molar-refractivity contribution in [2.24, 2.45) is 0 Å². The smallest absolute Gasteiger partial charge is 0.225 e. The van der Waals surface area contributed by atoms with Gasteiger partial charge in [0.2, 0.25) is 5.95 Å². The zero-order chi connectivity index (χ0) is 15.4. The van der Waals surface area contributed by atoms with Crippen molar-refractivity contribution in [1.82, 2.24) is 19.9 Å². The van der Waals surface area contributed by atoms with Gasteiger partial charge in [0, 0.05) is 31.5 Å². The number of nitrogens with zero attached hydrogens (tertiary/aromatic N) is 5. The van der Waals surface area contributed by atoms with Crippen LogP contribution in [0, 0.1) is 0 Å². The molecule has 0 amide bonds. The molecule has 116 valence electrons. The quantitative estimate of drug-likeness (QED) is 0.934. The van der Waals surface area contributed by atoms with Crippen molar-refractivity contribution in [2.75, 3.05) is 23.3 Å². The fourth-order valence-electron chi connectivity index (χ4n) is 2.63. The van der Waals surface area contributed by atoms with Gasteiger partial charge >= 0.3 is 0 Å². The van der Waals surface area contributed by atoms with E-state index in [0.717, 1.165) is 49.8 Å². The van der Waals surface area contributed by atoms with E-state index in [9.17, 15) is 0 Å². The van der Waals surface area contributed by atoms with Crippen molar-refractivity contribution in [2.45, 2.75) is 32.2 Å². The van der Waals surface area contributed by atoms with Gasteiger partial charge in [0.25, 0.3) is 0 Å². The van der Waals surface area contributed by atoms with E-state index in [4.69, 9.17) is 11.6 Å². The van der Waals surface area contributed by atoms with Crippen LogP contribution >= 0.6 is 11.6 Å². The Hall–Kier alpha value is -1.95. The van der Waals surface area contributed by atoms with Crippen LogP contribution in [0.5, 0.6) is 0 Å². The molecule has 1 fully saturated rings. The molecule has 0 radical (unpaired) electrons. The second-order valence-electron chi connectivity index (χ2n) is 5.29. The van der Waals surface area contributed by atoms with Gasteiger partial charge in [-0.15, -0.1) is 0 Å². The number of nitrogens with one attached hydrogen (secondary N) is 1.